The van der Waals surface area contributed by atoms with Gasteiger partial charge in [0.2, 0.25) is 0 Å². The van der Waals surface area contributed by atoms with Gasteiger partial charge in [-0.15, -0.1) is 0 Å². The highest BCUT2D eigenvalue weighted by atomic mass is 79.9. The average molecular weight is 436 g/mol. The summed E-state index contributed by atoms with van der Waals surface area (Å²) in [4.78, 5) is 4.58. The lowest BCUT2D eigenvalue weighted by Gasteiger charge is -2.10. The number of nitrogens with zero attached hydrogens (tertiary/aromatic N) is 1. The van der Waals surface area contributed by atoms with Crippen LogP contribution in [0.15, 0.2) is 45.3 Å². The third kappa shape index (κ3) is 3.35. The molecule has 2 aromatic carbocycles. The number of fused-ring (bicyclic) bond motifs is 1. The fourth-order valence-corrected chi connectivity index (χ4v) is 3.66. The molecule has 0 saturated carbocycles. The second-order valence-corrected chi connectivity index (χ2v) is 7.25. The summed E-state index contributed by atoms with van der Waals surface area (Å²) in [5, 5.41) is 14.5. The van der Waals surface area contributed by atoms with Gasteiger partial charge in [0.25, 0.3) is 0 Å². The topological polar surface area (TPSA) is 45.1 Å². The summed E-state index contributed by atoms with van der Waals surface area (Å²) in [7, 11) is 0. The predicted molar refractivity (Wildman–Crippen MR) is 102 cm³/mol. The van der Waals surface area contributed by atoms with E-state index in [-0.39, 0.29) is 5.75 Å². The minimum absolute atomic E-state index is 0.163. The van der Waals surface area contributed by atoms with Gasteiger partial charge in [0, 0.05) is 15.5 Å². The summed E-state index contributed by atoms with van der Waals surface area (Å²) >= 11 is 6.85. The van der Waals surface area contributed by atoms with E-state index in [1.165, 1.54) is 11.1 Å². The number of nitrogens with one attached hydrogen (secondary N) is 1. The van der Waals surface area contributed by atoms with Crippen LogP contribution in [-0.2, 0) is 6.54 Å². The van der Waals surface area contributed by atoms with Gasteiger partial charge >= 0.3 is 0 Å². The monoisotopic (exact) mass is 434 g/mol. The van der Waals surface area contributed by atoms with E-state index in [9.17, 15) is 5.11 Å². The first-order valence-corrected chi connectivity index (χ1v) is 8.82. The second kappa shape index (κ2) is 6.49. The molecule has 0 saturated heterocycles. The number of phenols is 1. The van der Waals surface area contributed by atoms with Gasteiger partial charge in [-0.05, 0) is 71.2 Å². The van der Waals surface area contributed by atoms with Crippen molar-refractivity contribution in [3.8, 4) is 5.75 Å². The van der Waals surface area contributed by atoms with Crippen molar-refractivity contribution >= 4 is 48.5 Å². The average Bonchev–Trinajstić information content (AvgIpc) is 2.53. The van der Waals surface area contributed by atoms with Gasteiger partial charge in [0.05, 0.1) is 16.7 Å². The number of halogens is 2. The molecular formula is C18H16Br2N2O. The Balaban J connectivity index is 1.88. The van der Waals surface area contributed by atoms with Gasteiger partial charge in [-0.3, -0.25) is 0 Å². The van der Waals surface area contributed by atoms with Crippen molar-refractivity contribution in [2.24, 2.45) is 0 Å². The van der Waals surface area contributed by atoms with Gasteiger partial charge in [-0.25, -0.2) is 4.98 Å². The maximum Gasteiger partial charge on any atom is 0.156 e. The van der Waals surface area contributed by atoms with Crippen molar-refractivity contribution in [3.63, 3.8) is 0 Å². The van der Waals surface area contributed by atoms with E-state index in [0.717, 1.165) is 21.2 Å². The molecule has 0 amide bonds. The number of rotatable bonds is 3. The predicted octanol–water partition coefficient (Wildman–Crippen LogP) is 5.69. The normalized spacial score (nSPS) is 11.0. The molecule has 1 heterocycles. The Bertz CT molecular complexity index is 894. The highest BCUT2D eigenvalue weighted by molar-refractivity contribution is 9.11. The molecule has 0 unspecified atom stereocenters. The molecule has 3 rings (SSSR count). The van der Waals surface area contributed by atoms with Crippen LogP contribution in [0.3, 0.4) is 0 Å². The molecule has 0 aliphatic heterocycles. The zero-order valence-corrected chi connectivity index (χ0v) is 16.0. The number of aromatic nitrogens is 1. The number of aromatic hydroxyl groups is 1. The number of benzene rings is 2. The fourth-order valence-electron chi connectivity index (χ4n) is 2.39. The molecule has 1 aromatic heterocycles. The number of hydrogen-bond acceptors (Lipinski definition) is 3. The SMILES string of the molecule is Cc1ccc(NCc2ccc3c(Br)cc(Br)c(O)c3n2)cc1C. The largest absolute Gasteiger partial charge is 0.505 e. The van der Waals surface area contributed by atoms with Crippen LogP contribution in [0.5, 0.6) is 5.75 Å². The summed E-state index contributed by atoms with van der Waals surface area (Å²) in [5.41, 5.74) is 5.06. The Labute approximate surface area is 152 Å². The molecule has 3 nitrogen and oxygen atoms in total. The van der Waals surface area contributed by atoms with Crippen LogP contribution in [-0.4, -0.2) is 10.1 Å². The van der Waals surface area contributed by atoms with Gasteiger partial charge in [0.1, 0.15) is 5.52 Å². The van der Waals surface area contributed by atoms with Gasteiger partial charge < -0.3 is 10.4 Å². The molecule has 0 fully saturated rings. The molecule has 23 heavy (non-hydrogen) atoms. The van der Waals surface area contributed by atoms with E-state index in [4.69, 9.17) is 0 Å². The van der Waals surface area contributed by atoms with Gasteiger partial charge in [0.15, 0.2) is 5.75 Å². The van der Waals surface area contributed by atoms with Crippen molar-refractivity contribution in [1.29, 1.82) is 0 Å². The maximum atomic E-state index is 10.2. The first-order chi connectivity index (χ1) is 11.0. The smallest absolute Gasteiger partial charge is 0.156 e. The number of pyridine rings is 1. The third-order valence-corrected chi connectivity index (χ3v) is 5.16. The third-order valence-electron chi connectivity index (χ3n) is 3.89. The lowest BCUT2D eigenvalue weighted by atomic mass is 10.1. The van der Waals surface area contributed by atoms with Gasteiger partial charge in [-0.2, -0.15) is 0 Å². The molecule has 0 aliphatic rings. The highest BCUT2D eigenvalue weighted by Crippen LogP contribution is 2.36. The molecule has 3 aromatic rings. The first kappa shape index (κ1) is 16.3. The number of phenolic OH excluding ortho intramolecular Hbond substituents is 1. The number of anilines is 1. The Kier molecular flexibility index (Phi) is 4.60. The molecule has 0 atom stereocenters. The molecule has 0 spiro atoms. The van der Waals surface area contributed by atoms with Crippen molar-refractivity contribution in [2.45, 2.75) is 20.4 Å². The fraction of sp³-hybridized carbons (Fsp3) is 0.167. The molecule has 2 N–H and O–H groups in total. The first-order valence-electron chi connectivity index (χ1n) is 7.23. The summed E-state index contributed by atoms with van der Waals surface area (Å²) in [6.45, 7) is 4.80. The molecule has 5 heteroatoms. The zero-order chi connectivity index (χ0) is 16.6. The van der Waals surface area contributed by atoms with E-state index in [1.54, 1.807) is 0 Å². The van der Waals surface area contributed by atoms with Crippen LogP contribution in [0, 0.1) is 13.8 Å². The quantitative estimate of drug-likeness (QED) is 0.555. The van der Waals surface area contributed by atoms with Crippen molar-refractivity contribution < 1.29 is 5.11 Å². The van der Waals surface area contributed by atoms with Crippen molar-refractivity contribution in [1.82, 2.24) is 4.98 Å². The van der Waals surface area contributed by atoms with E-state index in [0.29, 0.717) is 16.5 Å². The van der Waals surface area contributed by atoms with Crippen LogP contribution in [0.2, 0.25) is 0 Å². The lowest BCUT2D eigenvalue weighted by molar-refractivity contribution is 0.477. The summed E-state index contributed by atoms with van der Waals surface area (Å²) in [6, 6.07) is 12.1. The summed E-state index contributed by atoms with van der Waals surface area (Å²) in [5.74, 6) is 0.163. The number of hydrogen-bond donors (Lipinski definition) is 2. The molecule has 0 radical (unpaired) electrons. The standard InChI is InChI=1S/C18H16Br2N2O/c1-10-3-4-12(7-11(10)2)21-9-13-5-6-14-15(19)8-16(20)18(23)17(14)22-13/h3-8,21,23H,9H2,1-2H3. The minimum atomic E-state index is 0.163. The Morgan fingerprint density at radius 3 is 2.52 bits per heavy atom. The molecule has 118 valence electrons. The maximum absolute atomic E-state index is 10.2. The second-order valence-electron chi connectivity index (χ2n) is 5.54. The van der Waals surface area contributed by atoms with Crippen LogP contribution >= 0.6 is 31.9 Å². The summed E-state index contributed by atoms with van der Waals surface area (Å²) in [6.07, 6.45) is 0. The Hall–Kier alpha value is -1.59. The van der Waals surface area contributed by atoms with Crippen LogP contribution in [0.1, 0.15) is 16.8 Å². The molecule has 0 aliphatic carbocycles. The van der Waals surface area contributed by atoms with Crippen LogP contribution in [0.25, 0.3) is 10.9 Å². The zero-order valence-electron chi connectivity index (χ0n) is 12.8. The summed E-state index contributed by atoms with van der Waals surface area (Å²) < 4.78 is 1.53. The van der Waals surface area contributed by atoms with E-state index >= 15 is 0 Å². The van der Waals surface area contributed by atoms with Crippen LogP contribution in [0.4, 0.5) is 5.69 Å². The lowest BCUT2D eigenvalue weighted by Crippen LogP contribution is -2.02. The molecule has 0 bridgehead atoms. The van der Waals surface area contributed by atoms with E-state index in [1.807, 2.05) is 18.2 Å². The number of aryl methyl sites for hydroxylation is 2. The highest BCUT2D eigenvalue weighted by Gasteiger charge is 2.10. The van der Waals surface area contributed by atoms with Crippen LogP contribution < -0.4 is 5.32 Å². The minimum Gasteiger partial charge on any atom is -0.505 e. The molecular weight excluding hydrogens is 420 g/mol. The van der Waals surface area contributed by atoms with Crippen molar-refractivity contribution in [2.75, 3.05) is 5.32 Å². The van der Waals surface area contributed by atoms with E-state index in [2.05, 4.69) is 74.2 Å². The van der Waals surface area contributed by atoms with Gasteiger partial charge in [-0.1, -0.05) is 22.0 Å². The van der Waals surface area contributed by atoms with E-state index < -0.39 is 0 Å². The Morgan fingerprint density at radius 1 is 1.00 bits per heavy atom. The Morgan fingerprint density at radius 2 is 1.78 bits per heavy atom. The van der Waals surface area contributed by atoms with Crippen molar-refractivity contribution in [3.05, 3.63) is 62.2 Å².